The van der Waals surface area contributed by atoms with E-state index in [0.29, 0.717) is 6.04 Å². The summed E-state index contributed by atoms with van der Waals surface area (Å²) in [4.78, 5) is 0. The van der Waals surface area contributed by atoms with Crippen LogP contribution >= 0.6 is 11.6 Å². The van der Waals surface area contributed by atoms with Crippen LogP contribution in [0.4, 0.5) is 0 Å². The van der Waals surface area contributed by atoms with Crippen molar-refractivity contribution >= 4 is 11.6 Å². The van der Waals surface area contributed by atoms with E-state index in [1.807, 2.05) is 18.2 Å². The van der Waals surface area contributed by atoms with Gasteiger partial charge in [0.25, 0.3) is 0 Å². The first-order valence-electron chi connectivity index (χ1n) is 6.70. The fourth-order valence-electron chi connectivity index (χ4n) is 2.21. The van der Waals surface area contributed by atoms with Gasteiger partial charge >= 0.3 is 0 Å². The van der Waals surface area contributed by atoms with Crippen LogP contribution in [0.25, 0.3) is 0 Å². The minimum atomic E-state index is 0.322. The van der Waals surface area contributed by atoms with Crippen molar-refractivity contribution in [2.45, 2.75) is 26.3 Å². The average molecular weight is 274 g/mol. The van der Waals surface area contributed by atoms with Crippen LogP contribution in [0.3, 0.4) is 0 Å². The molecule has 2 aromatic rings. The van der Waals surface area contributed by atoms with Gasteiger partial charge in [-0.05, 0) is 55.6 Å². The second kappa shape index (κ2) is 6.74. The molecule has 0 amide bonds. The lowest BCUT2D eigenvalue weighted by atomic mass is 10.1. The highest BCUT2D eigenvalue weighted by Gasteiger charge is 2.05. The van der Waals surface area contributed by atoms with Crippen molar-refractivity contribution in [2.24, 2.45) is 0 Å². The predicted octanol–water partition coefficient (Wildman–Crippen LogP) is 4.54. The standard InChI is InChI=1S/C17H20ClN/c1-13-6-3-4-7-15(13)10-11-19-14(2)16-8-5-9-17(18)12-16/h3-9,12,14,19H,10-11H2,1-2H3. The van der Waals surface area contributed by atoms with E-state index in [2.05, 4.69) is 49.5 Å². The molecular formula is C17H20ClN. The van der Waals surface area contributed by atoms with Gasteiger partial charge in [0.05, 0.1) is 0 Å². The number of hydrogen-bond acceptors (Lipinski definition) is 1. The fourth-order valence-corrected chi connectivity index (χ4v) is 2.41. The van der Waals surface area contributed by atoms with Crippen LogP contribution in [0.15, 0.2) is 48.5 Å². The third kappa shape index (κ3) is 4.09. The lowest BCUT2D eigenvalue weighted by Crippen LogP contribution is -2.21. The SMILES string of the molecule is Cc1ccccc1CCNC(C)c1cccc(Cl)c1. The second-order valence-corrected chi connectivity index (χ2v) is 5.34. The van der Waals surface area contributed by atoms with E-state index >= 15 is 0 Å². The molecule has 0 bridgehead atoms. The largest absolute Gasteiger partial charge is 0.310 e. The van der Waals surface area contributed by atoms with Crippen molar-refractivity contribution in [1.29, 1.82) is 0 Å². The highest BCUT2D eigenvalue weighted by molar-refractivity contribution is 6.30. The van der Waals surface area contributed by atoms with Gasteiger partial charge in [-0.25, -0.2) is 0 Å². The molecule has 1 unspecified atom stereocenters. The lowest BCUT2D eigenvalue weighted by molar-refractivity contribution is 0.576. The molecule has 0 spiro atoms. The first-order valence-corrected chi connectivity index (χ1v) is 7.08. The zero-order valence-corrected chi connectivity index (χ0v) is 12.2. The molecule has 0 fully saturated rings. The van der Waals surface area contributed by atoms with Gasteiger partial charge < -0.3 is 5.32 Å². The van der Waals surface area contributed by atoms with Crippen LogP contribution < -0.4 is 5.32 Å². The molecule has 0 aromatic heterocycles. The number of hydrogen-bond donors (Lipinski definition) is 1. The molecule has 0 saturated heterocycles. The Morgan fingerprint density at radius 2 is 1.89 bits per heavy atom. The Morgan fingerprint density at radius 1 is 1.11 bits per heavy atom. The summed E-state index contributed by atoms with van der Waals surface area (Å²) in [6, 6.07) is 16.9. The average Bonchev–Trinajstić information content (AvgIpc) is 2.41. The maximum Gasteiger partial charge on any atom is 0.0409 e. The minimum Gasteiger partial charge on any atom is -0.310 e. The third-order valence-corrected chi connectivity index (χ3v) is 3.69. The van der Waals surface area contributed by atoms with Crippen LogP contribution in [0.5, 0.6) is 0 Å². The minimum absolute atomic E-state index is 0.322. The molecular weight excluding hydrogens is 254 g/mol. The van der Waals surface area contributed by atoms with E-state index < -0.39 is 0 Å². The summed E-state index contributed by atoms with van der Waals surface area (Å²) in [6.45, 7) is 5.30. The summed E-state index contributed by atoms with van der Waals surface area (Å²) < 4.78 is 0. The van der Waals surface area contributed by atoms with Gasteiger partial charge in [0.2, 0.25) is 0 Å². The molecule has 0 heterocycles. The molecule has 100 valence electrons. The maximum absolute atomic E-state index is 6.01. The van der Waals surface area contributed by atoms with Crippen LogP contribution in [0, 0.1) is 6.92 Å². The Kier molecular flexibility index (Phi) is 5.00. The molecule has 1 atom stereocenters. The Labute approximate surface area is 120 Å². The Morgan fingerprint density at radius 3 is 2.63 bits per heavy atom. The number of nitrogens with one attached hydrogen (secondary N) is 1. The summed E-state index contributed by atoms with van der Waals surface area (Å²) in [7, 11) is 0. The molecule has 0 aliphatic carbocycles. The lowest BCUT2D eigenvalue weighted by Gasteiger charge is -2.15. The zero-order valence-electron chi connectivity index (χ0n) is 11.5. The topological polar surface area (TPSA) is 12.0 Å². The van der Waals surface area contributed by atoms with E-state index in [0.717, 1.165) is 18.0 Å². The van der Waals surface area contributed by atoms with Crippen molar-refractivity contribution in [3.8, 4) is 0 Å². The quantitative estimate of drug-likeness (QED) is 0.843. The molecule has 0 radical (unpaired) electrons. The number of benzene rings is 2. The van der Waals surface area contributed by atoms with Crippen molar-refractivity contribution in [2.75, 3.05) is 6.54 Å². The molecule has 2 rings (SSSR count). The van der Waals surface area contributed by atoms with Crippen LogP contribution in [-0.2, 0) is 6.42 Å². The normalized spacial score (nSPS) is 12.4. The van der Waals surface area contributed by atoms with E-state index in [1.54, 1.807) is 0 Å². The first-order chi connectivity index (χ1) is 9.16. The van der Waals surface area contributed by atoms with Gasteiger partial charge in [-0.2, -0.15) is 0 Å². The number of rotatable bonds is 5. The zero-order chi connectivity index (χ0) is 13.7. The summed E-state index contributed by atoms with van der Waals surface area (Å²) in [5.74, 6) is 0. The van der Waals surface area contributed by atoms with E-state index in [-0.39, 0.29) is 0 Å². The Bertz CT molecular complexity index is 536. The van der Waals surface area contributed by atoms with Gasteiger partial charge in [-0.15, -0.1) is 0 Å². The van der Waals surface area contributed by atoms with Gasteiger partial charge in [-0.3, -0.25) is 0 Å². The molecule has 0 aliphatic heterocycles. The molecule has 19 heavy (non-hydrogen) atoms. The monoisotopic (exact) mass is 273 g/mol. The van der Waals surface area contributed by atoms with E-state index in [4.69, 9.17) is 11.6 Å². The maximum atomic E-state index is 6.01. The summed E-state index contributed by atoms with van der Waals surface area (Å²) in [5.41, 5.74) is 4.00. The summed E-state index contributed by atoms with van der Waals surface area (Å²) in [5, 5.41) is 4.34. The van der Waals surface area contributed by atoms with Crippen LogP contribution in [-0.4, -0.2) is 6.54 Å². The Hall–Kier alpha value is -1.31. The number of aryl methyl sites for hydroxylation is 1. The molecule has 1 N–H and O–H groups in total. The first kappa shape index (κ1) is 14.1. The van der Waals surface area contributed by atoms with Crippen LogP contribution in [0.2, 0.25) is 5.02 Å². The van der Waals surface area contributed by atoms with Crippen LogP contribution in [0.1, 0.15) is 29.7 Å². The number of halogens is 1. The predicted molar refractivity (Wildman–Crippen MR) is 82.8 cm³/mol. The summed E-state index contributed by atoms with van der Waals surface area (Å²) >= 11 is 6.01. The fraction of sp³-hybridized carbons (Fsp3) is 0.294. The van der Waals surface area contributed by atoms with Crippen molar-refractivity contribution in [3.63, 3.8) is 0 Å². The van der Waals surface area contributed by atoms with Crippen molar-refractivity contribution in [1.82, 2.24) is 5.32 Å². The van der Waals surface area contributed by atoms with Crippen molar-refractivity contribution < 1.29 is 0 Å². The molecule has 2 heteroatoms. The molecule has 0 aliphatic rings. The van der Waals surface area contributed by atoms with Gasteiger partial charge in [0, 0.05) is 11.1 Å². The second-order valence-electron chi connectivity index (χ2n) is 4.91. The third-order valence-electron chi connectivity index (χ3n) is 3.45. The van der Waals surface area contributed by atoms with E-state index in [9.17, 15) is 0 Å². The van der Waals surface area contributed by atoms with Gasteiger partial charge in [-0.1, -0.05) is 48.0 Å². The van der Waals surface area contributed by atoms with Gasteiger partial charge in [0.1, 0.15) is 0 Å². The summed E-state index contributed by atoms with van der Waals surface area (Å²) in [6.07, 6.45) is 1.05. The highest BCUT2D eigenvalue weighted by Crippen LogP contribution is 2.17. The highest BCUT2D eigenvalue weighted by atomic mass is 35.5. The molecule has 1 nitrogen and oxygen atoms in total. The molecule has 2 aromatic carbocycles. The van der Waals surface area contributed by atoms with E-state index in [1.165, 1.54) is 16.7 Å². The van der Waals surface area contributed by atoms with Gasteiger partial charge in [0.15, 0.2) is 0 Å². The van der Waals surface area contributed by atoms with Crippen molar-refractivity contribution in [3.05, 3.63) is 70.2 Å². The Balaban J connectivity index is 1.88. The smallest absolute Gasteiger partial charge is 0.0409 e. The molecule has 0 saturated carbocycles.